The summed E-state index contributed by atoms with van der Waals surface area (Å²) in [5.41, 5.74) is 2.78. The van der Waals surface area contributed by atoms with Gasteiger partial charge in [-0.15, -0.1) is 0 Å². The summed E-state index contributed by atoms with van der Waals surface area (Å²) >= 11 is 1.33. The average molecular weight is 543 g/mol. The summed E-state index contributed by atoms with van der Waals surface area (Å²) in [5.74, 6) is -0.117. The molecule has 39 heavy (non-hydrogen) atoms. The van der Waals surface area contributed by atoms with Crippen molar-refractivity contribution >= 4 is 44.1 Å². The Kier molecular flexibility index (Phi) is 6.44. The van der Waals surface area contributed by atoms with Gasteiger partial charge >= 0.3 is 5.91 Å². The second-order valence-corrected chi connectivity index (χ2v) is 10.4. The van der Waals surface area contributed by atoms with E-state index < -0.39 is 17.7 Å². The summed E-state index contributed by atoms with van der Waals surface area (Å²) in [4.78, 5) is 33.2. The number of amides is 1. The van der Waals surface area contributed by atoms with Gasteiger partial charge in [0, 0.05) is 5.56 Å². The molecule has 1 unspecified atom stereocenters. The predicted molar refractivity (Wildman–Crippen MR) is 149 cm³/mol. The maximum atomic E-state index is 13.5. The van der Waals surface area contributed by atoms with Crippen LogP contribution in [0.4, 0.5) is 5.13 Å². The van der Waals surface area contributed by atoms with Crippen LogP contribution in [0.15, 0.2) is 66.2 Å². The molecule has 9 heteroatoms. The molecule has 2 aliphatic heterocycles. The molecule has 0 spiro atoms. The molecule has 3 aromatic carbocycles. The zero-order valence-corrected chi connectivity index (χ0v) is 22.3. The number of hydrogen-bond acceptors (Lipinski definition) is 8. The molecule has 1 N–H and O–H groups in total. The van der Waals surface area contributed by atoms with Gasteiger partial charge in [-0.25, -0.2) is 4.98 Å². The first-order valence-electron chi connectivity index (χ1n) is 12.8. The molecule has 1 fully saturated rings. The lowest BCUT2D eigenvalue weighted by Crippen LogP contribution is -2.29. The van der Waals surface area contributed by atoms with Crippen LogP contribution >= 0.6 is 11.3 Å². The van der Waals surface area contributed by atoms with Crippen molar-refractivity contribution in [3.05, 3.63) is 82.9 Å². The Morgan fingerprint density at radius 3 is 2.59 bits per heavy atom. The fourth-order valence-electron chi connectivity index (χ4n) is 4.78. The lowest BCUT2D eigenvalue weighted by Gasteiger charge is -2.23. The normalized spacial score (nSPS) is 18.1. The van der Waals surface area contributed by atoms with Crippen molar-refractivity contribution in [3.63, 3.8) is 0 Å². The number of ketones is 1. The van der Waals surface area contributed by atoms with Gasteiger partial charge in [-0.2, -0.15) is 0 Å². The van der Waals surface area contributed by atoms with E-state index in [0.717, 1.165) is 22.2 Å². The fourth-order valence-corrected chi connectivity index (χ4v) is 5.87. The van der Waals surface area contributed by atoms with Crippen molar-refractivity contribution < 1.29 is 28.9 Å². The van der Waals surface area contributed by atoms with Crippen LogP contribution in [0, 0.1) is 6.92 Å². The number of aliphatic hydroxyl groups is 1. The number of nitrogens with zero attached hydrogens (tertiary/aromatic N) is 2. The van der Waals surface area contributed by atoms with E-state index in [2.05, 4.69) is 4.98 Å². The SMILES string of the molecule is CCCOc1ccc(C2/C(=C(/O)c3ccc4c(c3)OCCO4)C(=O)C(=O)N2c2nc3ccc(C)cc3s2)cc1. The maximum absolute atomic E-state index is 13.5. The molecule has 0 radical (unpaired) electrons. The quantitative estimate of drug-likeness (QED) is 0.187. The zero-order chi connectivity index (χ0) is 27.1. The van der Waals surface area contributed by atoms with E-state index >= 15 is 0 Å². The van der Waals surface area contributed by atoms with Crippen molar-refractivity contribution in [2.45, 2.75) is 26.3 Å². The van der Waals surface area contributed by atoms with Gasteiger partial charge in [-0.1, -0.05) is 36.5 Å². The van der Waals surface area contributed by atoms with Crippen molar-refractivity contribution in [3.8, 4) is 17.2 Å². The van der Waals surface area contributed by atoms with Crippen LogP contribution in [0.2, 0.25) is 0 Å². The molecule has 198 valence electrons. The first kappa shape index (κ1) is 24.9. The smallest absolute Gasteiger partial charge is 0.301 e. The second-order valence-electron chi connectivity index (χ2n) is 9.41. The number of Topliss-reactive ketones (excluding diaryl/α,β-unsaturated/α-hetero) is 1. The molecular weight excluding hydrogens is 516 g/mol. The summed E-state index contributed by atoms with van der Waals surface area (Å²) in [5, 5.41) is 11.9. The third-order valence-electron chi connectivity index (χ3n) is 6.67. The minimum Gasteiger partial charge on any atom is -0.507 e. The molecule has 8 nitrogen and oxygen atoms in total. The first-order valence-corrected chi connectivity index (χ1v) is 13.6. The van der Waals surface area contributed by atoms with Gasteiger partial charge in [0.15, 0.2) is 16.6 Å². The van der Waals surface area contributed by atoms with Gasteiger partial charge in [0.1, 0.15) is 24.7 Å². The number of benzene rings is 3. The number of carbonyl (C=O) groups is 2. The predicted octanol–water partition coefficient (Wildman–Crippen LogP) is 5.79. The Bertz CT molecular complexity index is 1620. The topological polar surface area (TPSA) is 98.2 Å². The lowest BCUT2D eigenvalue weighted by atomic mass is 9.95. The van der Waals surface area contributed by atoms with Crippen LogP contribution in [0.5, 0.6) is 17.2 Å². The van der Waals surface area contributed by atoms with Gasteiger partial charge in [-0.3, -0.25) is 14.5 Å². The molecule has 2 aliphatic rings. The number of hydrogen-bond donors (Lipinski definition) is 1. The maximum Gasteiger partial charge on any atom is 0.301 e. The zero-order valence-electron chi connectivity index (χ0n) is 21.5. The molecule has 1 amide bonds. The second kappa shape index (κ2) is 10.1. The van der Waals surface area contributed by atoms with Crippen LogP contribution < -0.4 is 19.1 Å². The van der Waals surface area contributed by atoms with E-state index in [1.165, 1.54) is 16.2 Å². The molecule has 6 rings (SSSR count). The highest BCUT2D eigenvalue weighted by Gasteiger charge is 2.48. The third-order valence-corrected chi connectivity index (χ3v) is 7.68. The van der Waals surface area contributed by atoms with Gasteiger partial charge in [0.2, 0.25) is 0 Å². The number of rotatable bonds is 6. The summed E-state index contributed by atoms with van der Waals surface area (Å²) in [6.07, 6.45) is 0.870. The van der Waals surface area contributed by atoms with Crippen LogP contribution in [-0.4, -0.2) is 41.6 Å². The molecule has 1 aromatic heterocycles. The minimum absolute atomic E-state index is 0.0191. The van der Waals surface area contributed by atoms with Crippen molar-refractivity contribution in [1.82, 2.24) is 4.98 Å². The van der Waals surface area contributed by atoms with E-state index in [4.69, 9.17) is 14.2 Å². The standard InChI is InChI=1S/C30H26N2O6S/c1-3-12-36-20-8-5-18(6-9-20)26-25(27(33)19-7-11-22-23(16-19)38-14-13-37-22)28(34)29(35)32(26)30-31-21-10-4-17(2)15-24(21)39-30/h4-11,15-16,26,33H,3,12-14H2,1-2H3/b27-25-. The van der Waals surface area contributed by atoms with Crippen LogP contribution in [-0.2, 0) is 9.59 Å². The molecule has 1 atom stereocenters. The van der Waals surface area contributed by atoms with Gasteiger partial charge in [-0.05, 0) is 66.9 Å². The Hall–Kier alpha value is -4.37. The van der Waals surface area contributed by atoms with Crippen molar-refractivity contribution in [2.24, 2.45) is 0 Å². The Labute approximate surface area is 229 Å². The number of aromatic nitrogens is 1. The number of thiazole rings is 1. The number of fused-ring (bicyclic) bond motifs is 2. The Balaban J connectivity index is 1.50. The van der Waals surface area contributed by atoms with E-state index in [1.807, 2.05) is 44.2 Å². The molecular formula is C30H26N2O6S. The molecule has 1 saturated heterocycles. The fraction of sp³-hybridized carbons (Fsp3) is 0.233. The number of aliphatic hydroxyl groups excluding tert-OH is 1. The summed E-state index contributed by atoms with van der Waals surface area (Å²) in [6.45, 7) is 5.40. The highest BCUT2D eigenvalue weighted by Crippen LogP contribution is 2.45. The number of anilines is 1. The van der Waals surface area contributed by atoms with E-state index in [0.29, 0.717) is 53.3 Å². The van der Waals surface area contributed by atoms with Gasteiger partial charge in [0.25, 0.3) is 5.78 Å². The Morgan fingerprint density at radius 2 is 1.82 bits per heavy atom. The molecule has 0 saturated carbocycles. The summed E-state index contributed by atoms with van der Waals surface area (Å²) in [6, 6.07) is 17.1. The highest BCUT2D eigenvalue weighted by molar-refractivity contribution is 7.22. The van der Waals surface area contributed by atoms with Crippen LogP contribution in [0.3, 0.4) is 0 Å². The third kappa shape index (κ3) is 4.48. The first-order chi connectivity index (χ1) is 18.9. The minimum atomic E-state index is -0.889. The van der Waals surface area contributed by atoms with Crippen LogP contribution in [0.1, 0.15) is 36.1 Å². The van der Waals surface area contributed by atoms with Crippen LogP contribution in [0.25, 0.3) is 16.0 Å². The van der Waals surface area contributed by atoms with Crippen molar-refractivity contribution in [1.29, 1.82) is 0 Å². The average Bonchev–Trinajstić information content (AvgIpc) is 3.48. The molecule has 0 aliphatic carbocycles. The largest absolute Gasteiger partial charge is 0.507 e. The lowest BCUT2D eigenvalue weighted by molar-refractivity contribution is -0.132. The summed E-state index contributed by atoms with van der Waals surface area (Å²) in [7, 11) is 0. The van der Waals surface area contributed by atoms with E-state index in [9.17, 15) is 14.7 Å². The molecule has 4 aromatic rings. The monoisotopic (exact) mass is 542 g/mol. The van der Waals surface area contributed by atoms with Gasteiger partial charge in [0.05, 0.1) is 28.4 Å². The number of ether oxygens (including phenoxy) is 3. The Morgan fingerprint density at radius 1 is 1.05 bits per heavy atom. The highest BCUT2D eigenvalue weighted by atomic mass is 32.1. The van der Waals surface area contributed by atoms with E-state index in [-0.39, 0.29) is 11.3 Å². The molecule has 3 heterocycles. The summed E-state index contributed by atoms with van der Waals surface area (Å²) < 4.78 is 17.9. The molecule has 0 bridgehead atoms. The van der Waals surface area contributed by atoms with Gasteiger partial charge < -0.3 is 19.3 Å². The number of carbonyl (C=O) groups excluding carboxylic acids is 2. The number of aryl methyl sites for hydroxylation is 1. The van der Waals surface area contributed by atoms with E-state index in [1.54, 1.807) is 30.3 Å². The van der Waals surface area contributed by atoms with Crippen molar-refractivity contribution in [2.75, 3.05) is 24.7 Å².